The van der Waals surface area contributed by atoms with Crippen molar-refractivity contribution in [2.45, 2.75) is 52.2 Å². The molecule has 0 aromatic rings. The lowest BCUT2D eigenvalue weighted by Gasteiger charge is -2.30. The molecule has 1 aliphatic heterocycles. The normalized spacial score (nSPS) is 23.1. The van der Waals surface area contributed by atoms with Crippen LogP contribution in [0.3, 0.4) is 0 Å². The molecule has 0 aromatic carbocycles. The highest BCUT2D eigenvalue weighted by molar-refractivity contribution is 4.84. The van der Waals surface area contributed by atoms with E-state index in [4.69, 9.17) is 4.74 Å². The quantitative estimate of drug-likeness (QED) is 0.798. The van der Waals surface area contributed by atoms with Crippen LogP contribution in [-0.4, -0.2) is 48.8 Å². The monoisotopic (exact) mass is 228 g/mol. The molecular weight excluding hydrogens is 200 g/mol. The molecule has 16 heavy (non-hydrogen) atoms. The maximum Gasteiger partial charge on any atom is 0.0600 e. The maximum atomic E-state index is 5.78. The first-order valence-electron chi connectivity index (χ1n) is 6.40. The second kappa shape index (κ2) is 5.48. The van der Waals surface area contributed by atoms with Crippen LogP contribution in [0.15, 0.2) is 0 Å². The third-order valence-electron chi connectivity index (χ3n) is 2.82. The second-order valence-electron chi connectivity index (χ2n) is 6.40. The number of rotatable bonds is 3. The summed E-state index contributed by atoms with van der Waals surface area (Å²) in [4.78, 5) is 2.51. The van der Waals surface area contributed by atoms with Crippen LogP contribution in [-0.2, 0) is 4.74 Å². The van der Waals surface area contributed by atoms with Crippen LogP contribution >= 0.6 is 0 Å². The summed E-state index contributed by atoms with van der Waals surface area (Å²) in [5, 5.41) is 3.58. The zero-order valence-corrected chi connectivity index (χ0v) is 11.6. The van der Waals surface area contributed by atoms with Crippen molar-refractivity contribution in [1.82, 2.24) is 10.2 Å². The van der Waals surface area contributed by atoms with Gasteiger partial charge < -0.3 is 10.1 Å². The first kappa shape index (κ1) is 13.9. The molecule has 0 spiro atoms. The van der Waals surface area contributed by atoms with Crippen LogP contribution in [0.4, 0.5) is 0 Å². The van der Waals surface area contributed by atoms with E-state index in [-0.39, 0.29) is 11.1 Å². The van der Waals surface area contributed by atoms with Crippen molar-refractivity contribution in [3.63, 3.8) is 0 Å². The molecule has 0 aliphatic carbocycles. The molecule has 1 saturated heterocycles. The highest BCUT2D eigenvalue weighted by Gasteiger charge is 2.23. The van der Waals surface area contributed by atoms with Crippen LogP contribution < -0.4 is 5.32 Å². The predicted molar refractivity (Wildman–Crippen MR) is 68.8 cm³/mol. The molecule has 0 bridgehead atoms. The molecule has 0 amide bonds. The van der Waals surface area contributed by atoms with Gasteiger partial charge in [0, 0.05) is 18.6 Å². The fourth-order valence-corrected chi connectivity index (χ4v) is 2.10. The minimum atomic E-state index is -0.0143. The van der Waals surface area contributed by atoms with Crippen LogP contribution in [0.5, 0.6) is 0 Å². The average Bonchev–Trinajstić information content (AvgIpc) is 2.24. The number of hydrogen-bond acceptors (Lipinski definition) is 3. The fourth-order valence-electron chi connectivity index (χ4n) is 2.10. The van der Waals surface area contributed by atoms with Crippen molar-refractivity contribution in [3.05, 3.63) is 0 Å². The minimum Gasteiger partial charge on any atom is -0.375 e. The van der Waals surface area contributed by atoms with Crippen LogP contribution in [0.1, 0.15) is 41.0 Å². The summed E-state index contributed by atoms with van der Waals surface area (Å²) in [7, 11) is 0. The highest BCUT2D eigenvalue weighted by Crippen LogP contribution is 2.11. The summed E-state index contributed by atoms with van der Waals surface area (Å²) in [6, 6.07) is 0. The van der Waals surface area contributed by atoms with Gasteiger partial charge in [-0.15, -0.1) is 0 Å². The number of nitrogens with zero attached hydrogens (tertiary/aromatic N) is 1. The molecule has 1 aliphatic rings. The Morgan fingerprint density at radius 2 is 2.00 bits per heavy atom. The molecular formula is C13H28N2O. The summed E-state index contributed by atoms with van der Waals surface area (Å²) in [5.41, 5.74) is 0.220. The fraction of sp³-hybridized carbons (Fsp3) is 1.00. The van der Waals surface area contributed by atoms with E-state index >= 15 is 0 Å². The van der Waals surface area contributed by atoms with E-state index in [1.54, 1.807) is 0 Å². The molecule has 0 radical (unpaired) electrons. The van der Waals surface area contributed by atoms with E-state index in [2.05, 4.69) is 44.8 Å². The van der Waals surface area contributed by atoms with Gasteiger partial charge in [0.25, 0.3) is 0 Å². The first-order valence-corrected chi connectivity index (χ1v) is 6.40. The largest absolute Gasteiger partial charge is 0.375 e. The molecule has 1 fully saturated rings. The summed E-state index contributed by atoms with van der Waals surface area (Å²) in [6.07, 6.45) is 1.24. The molecule has 1 N–H and O–H groups in total. The van der Waals surface area contributed by atoms with E-state index in [0.29, 0.717) is 0 Å². The van der Waals surface area contributed by atoms with Crippen molar-refractivity contribution >= 4 is 0 Å². The molecule has 3 heteroatoms. The van der Waals surface area contributed by atoms with Gasteiger partial charge in [-0.3, -0.25) is 4.90 Å². The number of hydrogen-bond donors (Lipinski definition) is 1. The van der Waals surface area contributed by atoms with Gasteiger partial charge in [-0.2, -0.15) is 0 Å². The van der Waals surface area contributed by atoms with Gasteiger partial charge in [-0.05, 0) is 54.1 Å². The van der Waals surface area contributed by atoms with E-state index in [9.17, 15) is 0 Å². The third kappa shape index (κ3) is 5.83. The Morgan fingerprint density at radius 1 is 1.31 bits per heavy atom. The molecule has 1 rings (SSSR count). The lowest BCUT2D eigenvalue weighted by atomic mass is 10.1. The SMILES string of the molecule is CC1(C)CN(CCOC(C)(C)C)CCCN1. The molecule has 0 saturated carbocycles. The molecule has 0 atom stereocenters. The lowest BCUT2D eigenvalue weighted by molar-refractivity contribution is -0.0140. The zero-order chi connectivity index (χ0) is 12.2. The summed E-state index contributed by atoms with van der Waals surface area (Å²) in [6.45, 7) is 16.2. The molecule has 3 nitrogen and oxygen atoms in total. The second-order valence-corrected chi connectivity index (χ2v) is 6.40. The number of nitrogens with one attached hydrogen (secondary N) is 1. The smallest absolute Gasteiger partial charge is 0.0600 e. The Bertz CT molecular complexity index is 208. The van der Waals surface area contributed by atoms with Crippen LogP contribution in [0.25, 0.3) is 0 Å². The number of ether oxygens (including phenoxy) is 1. The van der Waals surface area contributed by atoms with Gasteiger partial charge in [0.2, 0.25) is 0 Å². The van der Waals surface area contributed by atoms with E-state index in [1.807, 2.05) is 0 Å². The van der Waals surface area contributed by atoms with Crippen molar-refractivity contribution in [1.29, 1.82) is 0 Å². The maximum absolute atomic E-state index is 5.78. The highest BCUT2D eigenvalue weighted by atomic mass is 16.5. The summed E-state index contributed by atoms with van der Waals surface area (Å²) < 4.78 is 5.78. The van der Waals surface area contributed by atoms with Gasteiger partial charge in [0.05, 0.1) is 12.2 Å². The Labute approximate surface area is 101 Å². The van der Waals surface area contributed by atoms with E-state index in [1.165, 1.54) is 13.0 Å². The summed E-state index contributed by atoms with van der Waals surface area (Å²) >= 11 is 0. The first-order chi connectivity index (χ1) is 7.29. The van der Waals surface area contributed by atoms with Gasteiger partial charge >= 0.3 is 0 Å². The van der Waals surface area contributed by atoms with Crippen molar-refractivity contribution in [3.8, 4) is 0 Å². The van der Waals surface area contributed by atoms with Crippen molar-refractivity contribution in [2.75, 3.05) is 32.8 Å². The molecule has 96 valence electrons. The Morgan fingerprint density at radius 3 is 2.62 bits per heavy atom. The van der Waals surface area contributed by atoms with Crippen LogP contribution in [0, 0.1) is 0 Å². The Hall–Kier alpha value is -0.120. The van der Waals surface area contributed by atoms with E-state index in [0.717, 1.165) is 26.2 Å². The van der Waals surface area contributed by atoms with E-state index < -0.39 is 0 Å². The summed E-state index contributed by atoms with van der Waals surface area (Å²) in [5.74, 6) is 0. The molecule has 0 unspecified atom stereocenters. The topological polar surface area (TPSA) is 24.5 Å². The third-order valence-corrected chi connectivity index (χ3v) is 2.82. The predicted octanol–water partition coefficient (Wildman–Crippen LogP) is 1.88. The van der Waals surface area contributed by atoms with Gasteiger partial charge in [-0.1, -0.05) is 0 Å². The lowest BCUT2D eigenvalue weighted by Crippen LogP contribution is -2.47. The zero-order valence-electron chi connectivity index (χ0n) is 11.6. The Balaban J connectivity index is 2.30. The van der Waals surface area contributed by atoms with Gasteiger partial charge in [0.15, 0.2) is 0 Å². The van der Waals surface area contributed by atoms with Crippen molar-refractivity contribution in [2.24, 2.45) is 0 Å². The standard InChI is InChI=1S/C13H28N2O/c1-12(2,3)16-10-9-15-8-6-7-14-13(4,5)11-15/h14H,6-11H2,1-5H3. The van der Waals surface area contributed by atoms with Crippen LogP contribution in [0.2, 0.25) is 0 Å². The van der Waals surface area contributed by atoms with Crippen molar-refractivity contribution < 1.29 is 4.74 Å². The average molecular weight is 228 g/mol. The van der Waals surface area contributed by atoms with Gasteiger partial charge in [-0.25, -0.2) is 0 Å². The molecule has 0 aromatic heterocycles. The Kier molecular flexibility index (Phi) is 4.77. The minimum absolute atomic E-state index is 0.0143. The molecule has 1 heterocycles. The van der Waals surface area contributed by atoms with Gasteiger partial charge in [0.1, 0.15) is 0 Å².